The second-order valence-electron chi connectivity index (χ2n) is 4.11. The number of rotatable bonds is 4. The lowest BCUT2D eigenvalue weighted by molar-refractivity contribution is 0.0934. The number of pyridine rings is 1. The molecule has 0 saturated carbocycles. The van der Waals surface area contributed by atoms with Gasteiger partial charge in [0, 0.05) is 12.6 Å². The molecule has 1 aromatic heterocycles. The maximum atomic E-state index is 11.9. The van der Waals surface area contributed by atoms with Crippen molar-refractivity contribution in [3.8, 4) is 0 Å². The minimum Gasteiger partial charge on any atom is -0.348 e. The Morgan fingerprint density at radius 1 is 1.47 bits per heavy atom. The summed E-state index contributed by atoms with van der Waals surface area (Å²) in [5, 5.41) is 3.23. The van der Waals surface area contributed by atoms with Gasteiger partial charge in [0.15, 0.2) is 0 Å². The summed E-state index contributed by atoms with van der Waals surface area (Å²) in [6.45, 7) is 2.68. The second kappa shape index (κ2) is 6.19. The van der Waals surface area contributed by atoms with Crippen molar-refractivity contribution in [3.63, 3.8) is 0 Å². The topological polar surface area (TPSA) is 45.2 Å². The molecule has 1 rings (SSSR count). The van der Waals surface area contributed by atoms with Gasteiger partial charge in [0.25, 0.3) is 5.91 Å². The van der Waals surface area contributed by atoms with E-state index >= 15 is 0 Å². The first-order chi connectivity index (χ1) is 7.90. The molecule has 0 bridgehead atoms. The van der Waals surface area contributed by atoms with Crippen LogP contribution in [0.1, 0.15) is 17.3 Å². The van der Waals surface area contributed by atoms with Crippen LogP contribution >= 0.6 is 23.2 Å². The van der Waals surface area contributed by atoms with Gasteiger partial charge >= 0.3 is 0 Å². The highest BCUT2D eigenvalue weighted by Gasteiger charge is 2.14. The number of hydrogen-bond acceptors (Lipinski definition) is 3. The molecule has 0 aliphatic heterocycles. The van der Waals surface area contributed by atoms with Crippen molar-refractivity contribution < 1.29 is 4.79 Å². The van der Waals surface area contributed by atoms with Crippen LogP contribution in [0, 0.1) is 0 Å². The molecule has 0 aromatic carbocycles. The highest BCUT2D eigenvalue weighted by Crippen LogP contribution is 2.16. The van der Waals surface area contributed by atoms with Crippen molar-refractivity contribution in [2.75, 3.05) is 20.6 Å². The van der Waals surface area contributed by atoms with Crippen molar-refractivity contribution in [1.29, 1.82) is 0 Å². The summed E-state index contributed by atoms with van der Waals surface area (Å²) in [4.78, 5) is 17.7. The fourth-order valence-corrected chi connectivity index (χ4v) is 1.91. The largest absolute Gasteiger partial charge is 0.348 e. The van der Waals surface area contributed by atoms with Crippen molar-refractivity contribution in [1.82, 2.24) is 15.2 Å². The number of carbonyl (C=O) groups is 1. The summed E-state index contributed by atoms with van der Waals surface area (Å²) in [5.74, 6) is -0.242. The lowest BCUT2D eigenvalue weighted by Crippen LogP contribution is -2.39. The van der Waals surface area contributed by atoms with Gasteiger partial charge in [-0.1, -0.05) is 23.2 Å². The molecular weight excluding hydrogens is 261 g/mol. The van der Waals surface area contributed by atoms with E-state index in [9.17, 15) is 4.79 Å². The van der Waals surface area contributed by atoms with Crippen molar-refractivity contribution in [3.05, 3.63) is 28.0 Å². The minimum absolute atomic E-state index is 0.0317. The van der Waals surface area contributed by atoms with Crippen LogP contribution in [-0.2, 0) is 0 Å². The lowest BCUT2D eigenvalue weighted by Gasteiger charge is -2.18. The maximum absolute atomic E-state index is 11.9. The molecule has 1 unspecified atom stereocenters. The molecule has 0 spiro atoms. The summed E-state index contributed by atoms with van der Waals surface area (Å²) >= 11 is 11.5. The average molecular weight is 276 g/mol. The Balaban J connectivity index is 2.70. The van der Waals surface area contributed by atoms with Gasteiger partial charge in [-0.05, 0) is 33.2 Å². The monoisotopic (exact) mass is 275 g/mol. The van der Waals surface area contributed by atoms with Gasteiger partial charge < -0.3 is 10.2 Å². The molecule has 1 heterocycles. The highest BCUT2D eigenvalue weighted by molar-refractivity contribution is 6.34. The third-order valence-corrected chi connectivity index (χ3v) is 2.57. The molecule has 0 saturated heterocycles. The number of halogens is 2. The fourth-order valence-electron chi connectivity index (χ4n) is 1.48. The zero-order valence-corrected chi connectivity index (χ0v) is 11.5. The molecule has 0 aliphatic carbocycles. The number of carbonyl (C=O) groups excluding carboxylic acids is 1. The summed E-state index contributed by atoms with van der Waals surface area (Å²) in [7, 11) is 3.89. The minimum atomic E-state index is -0.242. The average Bonchev–Trinajstić information content (AvgIpc) is 2.15. The quantitative estimate of drug-likeness (QED) is 0.856. The van der Waals surface area contributed by atoms with Crippen LogP contribution in [0.4, 0.5) is 0 Å². The first-order valence-corrected chi connectivity index (χ1v) is 5.93. The predicted octanol–water partition coefficient (Wildman–Crippen LogP) is 2.07. The molecule has 1 amide bonds. The van der Waals surface area contributed by atoms with Crippen LogP contribution in [0.25, 0.3) is 0 Å². The highest BCUT2D eigenvalue weighted by atomic mass is 35.5. The molecule has 94 valence electrons. The van der Waals surface area contributed by atoms with Gasteiger partial charge in [-0.25, -0.2) is 4.98 Å². The van der Waals surface area contributed by atoms with E-state index in [1.165, 1.54) is 0 Å². The summed E-state index contributed by atoms with van der Waals surface area (Å²) < 4.78 is 0. The summed E-state index contributed by atoms with van der Waals surface area (Å²) in [6, 6.07) is 3.14. The first kappa shape index (κ1) is 14.2. The van der Waals surface area contributed by atoms with E-state index in [0.29, 0.717) is 5.56 Å². The predicted molar refractivity (Wildman–Crippen MR) is 69.7 cm³/mol. The van der Waals surface area contributed by atoms with E-state index in [1.807, 2.05) is 25.9 Å². The maximum Gasteiger partial charge on any atom is 0.254 e. The molecule has 0 radical (unpaired) electrons. The first-order valence-electron chi connectivity index (χ1n) is 5.17. The van der Waals surface area contributed by atoms with E-state index in [1.54, 1.807) is 12.1 Å². The van der Waals surface area contributed by atoms with E-state index in [2.05, 4.69) is 10.3 Å². The normalized spacial score (nSPS) is 12.6. The SMILES string of the molecule is CC(CN(C)C)NC(=O)c1ccc(Cl)nc1Cl. The molecule has 1 atom stereocenters. The Kier molecular flexibility index (Phi) is 5.18. The smallest absolute Gasteiger partial charge is 0.254 e. The van der Waals surface area contributed by atoms with Gasteiger partial charge in [0.2, 0.25) is 0 Å². The van der Waals surface area contributed by atoms with Gasteiger partial charge in [0.1, 0.15) is 10.3 Å². The molecular formula is C11H15Cl2N3O. The van der Waals surface area contributed by atoms with E-state index in [0.717, 1.165) is 6.54 Å². The van der Waals surface area contributed by atoms with Crippen LogP contribution in [-0.4, -0.2) is 42.5 Å². The van der Waals surface area contributed by atoms with Gasteiger partial charge in [0.05, 0.1) is 5.56 Å². The number of nitrogens with zero attached hydrogens (tertiary/aromatic N) is 2. The van der Waals surface area contributed by atoms with Gasteiger partial charge in [-0.3, -0.25) is 4.79 Å². The number of amides is 1. The Morgan fingerprint density at radius 3 is 2.65 bits per heavy atom. The van der Waals surface area contributed by atoms with Crippen LogP contribution < -0.4 is 5.32 Å². The second-order valence-corrected chi connectivity index (χ2v) is 4.85. The standard InChI is InChI=1S/C11H15Cl2N3O/c1-7(6-16(2)3)14-11(17)8-4-5-9(12)15-10(8)13/h4-5,7H,6H2,1-3H3,(H,14,17). The number of nitrogens with one attached hydrogen (secondary N) is 1. The van der Waals surface area contributed by atoms with Gasteiger partial charge in [-0.2, -0.15) is 0 Å². The summed E-state index contributed by atoms with van der Waals surface area (Å²) in [5.41, 5.74) is 0.335. The Hall–Kier alpha value is -0.840. The fraction of sp³-hybridized carbons (Fsp3) is 0.455. The van der Waals surface area contributed by atoms with E-state index in [4.69, 9.17) is 23.2 Å². The van der Waals surface area contributed by atoms with E-state index in [-0.39, 0.29) is 22.3 Å². The molecule has 4 nitrogen and oxygen atoms in total. The van der Waals surface area contributed by atoms with Crippen molar-refractivity contribution >= 4 is 29.1 Å². The molecule has 0 aliphatic rings. The number of hydrogen-bond donors (Lipinski definition) is 1. The third-order valence-electron chi connectivity index (χ3n) is 2.08. The Bertz CT molecular complexity index is 410. The van der Waals surface area contributed by atoms with Gasteiger partial charge in [-0.15, -0.1) is 0 Å². The third kappa shape index (κ3) is 4.50. The van der Waals surface area contributed by atoms with Crippen LogP contribution in [0.15, 0.2) is 12.1 Å². The molecule has 17 heavy (non-hydrogen) atoms. The lowest BCUT2D eigenvalue weighted by atomic mass is 10.2. The number of likely N-dealkylation sites (N-methyl/N-ethyl adjacent to an activating group) is 1. The summed E-state index contributed by atoms with van der Waals surface area (Å²) in [6.07, 6.45) is 0. The zero-order chi connectivity index (χ0) is 13.0. The van der Waals surface area contributed by atoms with E-state index < -0.39 is 0 Å². The Morgan fingerprint density at radius 2 is 2.12 bits per heavy atom. The Labute approximate surface area is 111 Å². The van der Waals surface area contributed by atoms with Crippen molar-refractivity contribution in [2.24, 2.45) is 0 Å². The molecule has 1 N–H and O–H groups in total. The zero-order valence-electron chi connectivity index (χ0n) is 10.00. The molecule has 1 aromatic rings. The van der Waals surface area contributed by atoms with Crippen LogP contribution in [0.3, 0.4) is 0 Å². The molecule has 6 heteroatoms. The van der Waals surface area contributed by atoms with Crippen molar-refractivity contribution in [2.45, 2.75) is 13.0 Å². The van der Waals surface area contributed by atoms with Crippen LogP contribution in [0.2, 0.25) is 10.3 Å². The number of aromatic nitrogens is 1. The van der Waals surface area contributed by atoms with Crippen LogP contribution in [0.5, 0.6) is 0 Å². The molecule has 0 fully saturated rings.